The van der Waals surface area contributed by atoms with Crippen LogP contribution in [0.3, 0.4) is 0 Å². The molecule has 2 aromatic heterocycles. The van der Waals surface area contributed by atoms with E-state index in [2.05, 4.69) is 25.2 Å². The number of anilines is 1. The Labute approximate surface area is 166 Å². The maximum atomic E-state index is 13.9. The largest absolute Gasteiger partial charge is 0.354 e. The summed E-state index contributed by atoms with van der Waals surface area (Å²) in [5.41, 5.74) is 0.304. The number of nitrogens with zero attached hydrogens (tertiary/aromatic N) is 5. The van der Waals surface area contributed by atoms with Crippen molar-refractivity contribution in [2.75, 3.05) is 18.4 Å². The first-order chi connectivity index (χ1) is 14.2. The summed E-state index contributed by atoms with van der Waals surface area (Å²) >= 11 is 0. The maximum Gasteiger partial charge on any atom is 0.323 e. The zero-order valence-electron chi connectivity index (χ0n) is 15.8. The molecule has 1 atom stereocenters. The zero-order chi connectivity index (χ0) is 19.8. The molecule has 3 aromatic rings. The van der Waals surface area contributed by atoms with Gasteiger partial charge in [-0.2, -0.15) is 0 Å². The number of halogens is 1. The number of amides is 2. The quantitative estimate of drug-likeness (QED) is 0.724. The van der Waals surface area contributed by atoms with Crippen LogP contribution < -0.4 is 5.32 Å². The van der Waals surface area contributed by atoms with Crippen LogP contribution in [0.2, 0.25) is 0 Å². The Balaban J connectivity index is 1.26. The first-order valence-corrected chi connectivity index (χ1v) is 9.86. The molecule has 0 spiro atoms. The monoisotopic (exact) mass is 396 g/mol. The van der Waals surface area contributed by atoms with Crippen molar-refractivity contribution in [1.29, 1.82) is 0 Å². The van der Waals surface area contributed by atoms with Gasteiger partial charge in [-0.15, -0.1) is 10.2 Å². The number of nitrogens with one attached hydrogen (secondary N) is 1. The van der Waals surface area contributed by atoms with Gasteiger partial charge >= 0.3 is 6.03 Å². The van der Waals surface area contributed by atoms with Gasteiger partial charge in [-0.1, -0.05) is 17.3 Å². The highest BCUT2D eigenvalue weighted by atomic mass is 19.1. The summed E-state index contributed by atoms with van der Waals surface area (Å²) in [5, 5.41) is 15.0. The van der Waals surface area contributed by atoms with Gasteiger partial charge < -0.3 is 14.0 Å². The maximum absolute atomic E-state index is 13.9. The minimum atomic E-state index is -0.403. The molecule has 0 bridgehead atoms. The fourth-order valence-corrected chi connectivity index (χ4v) is 3.86. The number of benzene rings is 1. The summed E-state index contributed by atoms with van der Waals surface area (Å²) < 4.78 is 21.3. The third-order valence-electron chi connectivity index (χ3n) is 5.50. The summed E-state index contributed by atoms with van der Waals surface area (Å²) in [7, 11) is 0. The lowest BCUT2D eigenvalue weighted by atomic mass is 9.97. The van der Waals surface area contributed by atoms with E-state index in [0.29, 0.717) is 24.7 Å². The Kier molecular flexibility index (Phi) is 4.49. The normalized spacial score (nSPS) is 19.3. The van der Waals surface area contributed by atoms with Crippen molar-refractivity contribution in [3.63, 3.8) is 0 Å². The second-order valence-electron chi connectivity index (χ2n) is 7.60. The van der Waals surface area contributed by atoms with Crippen LogP contribution in [0, 0.1) is 5.82 Å². The molecule has 1 aromatic carbocycles. The fourth-order valence-electron chi connectivity index (χ4n) is 3.86. The molecule has 29 heavy (non-hydrogen) atoms. The highest BCUT2D eigenvalue weighted by Gasteiger charge is 2.32. The van der Waals surface area contributed by atoms with Gasteiger partial charge in [0.15, 0.2) is 11.6 Å². The molecule has 0 radical (unpaired) electrons. The van der Waals surface area contributed by atoms with Gasteiger partial charge in [0.25, 0.3) is 0 Å². The molecular formula is C20H21FN6O2. The Morgan fingerprint density at radius 2 is 2.10 bits per heavy atom. The molecule has 5 rings (SSSR count). The highest BCUT2D eigenvalue weighted by molar-refractivity contribution is 5.88. The molecule has 8 nitrogen and oxygen atoms in total. The molecule has 9 heteroatoms. The van der Waals surface area contributed by atoms with Crippen molar-refractivity contribution < 1.29 is 13.7 Å². The first kappa shape index (κ1) is 17.8. The van der Waals surface area contributed by atoms with Gasteiger partial charge in [0, 0.05) is 31.1 Å². The molecule has 2 fully saturated rings. The third-order valence-corrected chi connectivity index (χ3v) is 5.50. The molecule has 1 aliphatic carbocycles. The third kappa shape index (κ3) is 3.59. The summed E-state index contributed by atoms with van der Waals surface area (Å²) in [5.74, 6) is 1.27. The van der Waals surface area contributed by atoms with Gasteiger partial charge in [-0.3, -0.25) is 5.32 Å². The van der Waals surface area contributed by atoms with Gasteiger partial charge in [0.05, 0.1) is 5.56 Å². The predicted molar refractivity (Wildman–Crippen MR) is 103 cm³/mol. The number of carbonyl (C=O) groups excluding carboxylic acids is 1. The first-order valence-electron chi connectivity index (χ1n) is 9.86. The molecular weight excluding hydrogens is 375 g/mol. The van der Waals surface area contributed by atoms with E-state index in [1.165, 1.54) is 25.0 Å². The fraction of sp³-hybridized carbons (Fsp3) is 0.400. The Bertz CT molecular complexity index is 1030. The van der Waals surface area contributed by atoms with Gasteiger partial charge in [-0.25, -0.2) is 9.18 Å². The number of aromatic nitrogens is 4. The van der Waals surface area contributed by atoms with Crippen LogP contribution in [-0.2, 0) is 0 Å². The lowest BCUT2D eigenvalue weighted by Gasteiger charge is -2.32. The SMILES string of the molecule is O=C(Nc1cc(-c2ccccc2F)on1)N1CCCC(c2nncn2C2CC2)C1. The lowest BCUT2D eigenvalue weighted by molar-refractivity contribution is 0.190. The van der Waals surface area contributed by atoms with Crippen LogP contribution in [0.4, 0.5) is 15.0 Å². The van der Waals surface area contributed by atoms with Crippen molar-refractivity contribution in [1.82, 2.24) is 24.8 Å². The molecule has 3 heterocycles. The zero-order valence-corrected chi connectivity index (χ0v) is 15.8. The summed E-state index contributed by atoms with van der Waals surface area (Å²) in [6.07, 6.45) is 6.01. The van der Waals surface area contributed by atoms with E-state index in [1.807, 2.05) is 0 Å². The van der Waals surface area contributed by atoms with E-state index in [0.717, 1.165) is 18.7 Å². The Morgan fingerprint density at radius 1 is 1.24 bits per heavy atom. The average Bonchev–Trinajstić information content (AvgIpc) is 3.28. The second-order valence-corrected chi connectivity index (χ2v) is 7.60. The van der Waals surface area contributed by atoms with Crippen LogP contribution in [0.1, 0.15) is 43.5 Å². The van der Waals surface area contributed by atoms with E-state index in [-0.39, 0.29) is 23.5 Å². The molecule has 1 saturated heterocycles. The summed E-state index contributed by atoms with van der Waals surface area (Å²) in [6.45, 7) is 1.24. The van der Waals surface area contributed by atoms with E-state index >= 15 is 0 Å². The van der Waals surface area contributed by atoms with Crippen molar-refractivity contribution in [3.05, 3.63) is 48.3 Å². The van der Waals surface area contributed by atoms with Crippen LogP contribution >= 0.6 is 0 Å². The molecule has 1 unspecified atom stereocenters. The van der Waals surface area contributed by atoms with E-state index in [4.69, 9.17) is 4.52 Å². The number of piperidine rings is 1. The number of hydrogen-bond donors (Lipinski definition) is 1. The lowest BCUT2D eigenvalue weighted by Crippen LogP contribution is -2.42. The number of hydrogen-bond acceptors (Lipinski definition) is 5. The predicted octanol–water partition coefficient (Wildman–Crippen LogP) is 3.82. The number of urea groups is 1. The van der Waals surface area contributed by atoms with Crippen molar-refractivity contribution in [2.24, 2.45) is 0 Å². The van der Waals surface area contributed by atoms with Gasteiger partial charge in [0.1, 0.15) is 18.0 Å². The Hall–Kier alpha value is -3.23. The molecule has 1 aliphatic heterocycles. The highest BCUT2D eigenvalue weighted by Crippen LogP contribution is 2.38. The summed E-state index contributed by atoms with van der Waals surface area (Å²) in [4.78, 5) is 14.5. The molecule has 1 saturated carbocycles. The van der Waals surface area contributed by atoms with Gasteiger partial charge in [-0.05, 0) is 37.8 Å². The van der Waals surface area contributed by atoms with Crippen molar-refractivity contribution >= 4 is 11.8 Å². The van der Waals surface area contributed by atoms with Gasteiger partial charge in [0.2, 0.25) is 0 Å². The van der Waals surface area contributed by atoms with Crippen molar-refractivity contribution in [2.45, 2.75) is 37.6 Å². The van der Waals surface area contributed by atoms with Crippen molar-refractivity contribution in [3.8, 4) is 11.3 Å². The number of carbonyl (C=O) groups is 1. The summed E-state index contributed by atoms with van der Waals surface area (Å²) in [6, 6.07) is 8.07. The van der Waals surface area contributed by atoms with Crippen LogP contribution in [0.5, 0.6) is 0 Å². The topological polar surface area (TPSA) is 89.1 Å². The minimum absolute atomic E-state index is 0.170. The standard InChI is InChI=1S/C20H21FN6O2/c21-16-6-2-1-5-15(16)17-10-18(25-29-17)23-20(28)26-9-3-4-13(11-26)19-24-22-12-27(19)14-7-8-14/h1-2,5-6,10,12-14H,3-4,7-9,11H2,(H,23,25,28). The molecule has 2 aliphatic rings. The smallest absolute Gasteiger partial charge is 0.323 e. The number of likely N-dealkylation sites (tertiary alicyclic amines) is 1. The van der Waals surface area contributed by atoms with E-state index in [9.17, 15) is 9.18 Å². The van der Waals surface area contributed by atoms with E-state index in [1.54, 1.807) is 29.4 Å². The minimum Gasteiger partial charge on any atom is -0.354 e. The average molecular weight is 396 g/mol. The Morgan fingerprint density at radius 3 is 2.93 bits per heavy atom. The molecule has 1 N–H and O–H groups in total. The number of rotatable bonds is 4. The van der Waals surface area contributed by atoms with Crippen LogP contribution in [0.15, 0.2) is 41.2 Å². The second kappa shape index (κ2) is 7.31. The molecule has 150 valence electrons. The molecule has 2 amide bonds. The van der Waals surface area contributed by atoms with Crippen LogP contribution in [-0.4, -0.2) is 43.9 Å². The van der Waals surface area contributed by atoms with E-state index < -0.39 is 5.82 Å². The van der Waals surface area contributed by atoms with Crippen LogP contribution in [0.25, 0.3) is 11.3 Å².